The highest BCUT2D eigenvalue weighted by Crippen LogP contribution is 2.31. The minimum absolute atomic E-state index is 0.353. The van der Waals surface area contributed by atoms with Crippen molar-refractivity contribution >= 4 is 17.0 Å². The highest BCUT2D eigenvalue weighted by molar-refractivity contribution is 5.85. The summed E-state index contributed by atoms with van der Waals surface area (Å²) < 4.78 is 14.7. The Morgan fingerprint density at radius 3 is 2.50 bits per heavy atom. The molecule has 0 saturated carbocycles. The number of rotatable bonds is 6. The van der Waals surface area contributed by atoms with Crippen molar-refractivity contribution in [1.82, 2.24) is 29.3 Å². The van der Waals surface area contributed by atoms with E-state index in [1.54, 1.807) is 25.6 Å². The van der Waals surface area contributed by atoms with Gasteiger partial charge in [0, 0.05) is 19.3 Å². The number of fused-ring (bicyclic) bond motifs is 1. The second-order valence-electron chi connectivity index (χ2n) is 9.04. The van der Waals surface area contributed by atoms with Crippen molar-refractivity contribution < 1.29 is 14.6 Å². The number of imidazole rings is 1. The van der Waals surface area contributed by atoms with Crippen LogP contribution in [0, 0.1) is 6.92 Å². The first-order valence-electron chi connectivity index (χ1n) is 11.3. The van der Waals surface area contributed by atoms with Gasteiger partial charge in [0.15, 0.2) is 17.0 Å². The lowest BCUT2D eigenvalue weighted by molar-refractivity contribution is 0.0619. The molecule has 0 bridgehead atoms. The van der Waals surface area contributed by atoms with Gasteiger partial charge in [-0.15, -0.1) is 5.10 Å². The predicted octanol–water partition coefficient (Wildman–Crippen LogP) is 2.60. The summed E-state index contributed by atoms with van der Waals surface area (Å²) in [6.07, 6.45) is 1.88. The highest BCUT2D eigenvalue weighted by Gasteiger charge is 2.25. The molecule has 4 heterocycles. The fourth-order valence-corrected chi connectivity index (χ4v) is 4.19. The van der Waals surface area contributed by atoms with Crippen LogP contribution in [-0.4, -0.2) is 73.4 Å². The fourth-order valence-electron chi connectivity index (χ4n) is 4.19. The average molecular weight is 464 g/mol. The van der Waals surface area contributed by atoms with Crippen LogP contribution < -0.4 is 9.64 Å². The Hall–Kier alpha value is -3.50. The van der Waals surface area contributed by atoms with Crippen molar-refractivity contribution in [3.8, 4) is 23.0 Å². The number of aliphatic hydroxyl groups is 1. The zero-order valence-corrected chi connectivity index (χ0v) is 19.9. The molecule has 5 rings (SSSR count). The molecule has 0 amide bonds. The number of benzene rings is 1. The van der Waals surface area contributed by atoms with E-state index in [0.717, 1.165) is 22.8 Å². The van der Waals surface area contributed by atoms with Gasteiger partial charge in [-0.3, -0.25) is 0 Å². The molecule has 0 unspecified atom stereocenters. The lowest BCUT2D eigenvalue weighted by atomic mass is 10.1. The maximum absolute atomic E-state index is 10.5. The zero-order valence-electron chi connectivity index (χ0n) is 19.9. The smallest absolute Gasteiger partial charge is 0.254 e. The molecule has 1 aliphatic heterocycles. The van der Waals surface area contributed by atoms with Crippen LogP contribution in [0.2, 0.25) is 0 Å². The predicted molar refractivity (Wildman–Crippen MR) is 128 cm³/mol. The SMILES string of the molecule is COc1nn(-c2nc(N3CCOCC3)c3nc(C)n(CC(C)(C)O)c3n2)cc1-c1ccccc1. The van der Waals surface area contributed by atoms with Crippen LogP contribution in [0.25, 0.3) is 28.2 Å². The summed E-state index contributed by atoms with van der Waals surface area (Å²) in [5.41, 5.74) is 2.26. The molecular weight excluding hydrogens is 434 g/mol. The molecule has 0 aliphatic carbocycles. The highest BCUT2D eigenvalue weighted by atomic mass is 16.5. The van der Waals surface area contributed by atoms with Crippen LogP contribution in [0.3, 0.4) is 0 Å². The van der Waals surface area contributed by atoms with Gasteiger partial charge in [0.1, 0.15) is 5.82 Å². The van der Waals surface area contributed by atoms with Crippen molar-refractivity contribution in [3.63, 3.8) is 0 Å². The standard InChI is InChI=1S/C24H29N7O3/c1-16-25-19-20(29-10-12-34-13-11-29)26-23(27-21(19)30(16)15-24(2,3)32)31-14-18(22(28-31)33-4)17-8-6-5-7-9-17/h5-9,14,32H,10-13,15H2,1-4H3. The zero-order chi connectivity index (χ0) is 23.9. The Labute approximate surface area is 197 Å². The van der Waals surface area contributed by atoms with Crippen LogP contribution >= 0.6 is 0 Å². The maximum Gasteiger partial charge on any atom is 0.254 e. The number of ether oxygens (including phenoxy) is 2. The van der Waals surface area contributed by atoms with Gasteiger partial charge in [-0.25, -0.2) is 9.67 Å². The topological polar surface area (TPSA) is 103 Å². The second kappa shape index (κ2) is 8.69. The Balaban J connectivity index is 1.70. The number of methoxy groups -OCH3 is 1. The molecule has 4 aromatic rings. The summed E-state index contributed by atoms with van der Waals surface area (Å²) in [4.78, 5) is 16.7. The van der Waals surface area contributed by atoms with Crippen LogP contribution in [-0.2, 0) is 11.3 Å². The van der Waals surface area contributed by atoms with E-state index in [2.05, 4.69) is 10.00 Å². The minimum atomic E-state index is -0.933. The van der Waals surface area contributed by atoms with Crippen molar-refractivity contribution in [1.29, 1.82) is 0 Å². The van der Waals surface area contributed by atoms with Gasteiger partial charge >= 0.3 is 0 Å². The first-order valence-corrected chi connectivity index (χ1v) is 11.3. The van der Waals surface area contributed by atoms with E-state index in [4.69, 9.17) is 24.4 Å². The van der Waals surface area contributed by atoms with E-state index in [-0.39, 0.29) is 0 Å². The first-order chi connectivity index (χ1) is 16.3. The molecule has 1 aliphatic rings. The molecular formula is C24H29N7O3. The third-order valence-electron chi connectivity index (χ3n) is 5.77. The number of nitrogens with zero attached hydrogens (tertiary/aromatic N) is 7. The molecule has 34 heavy (non-hydrogen) atoms. The summed E-state index contributed by atoms with van der Waals surface area (Å²) >= 11 is 0. The van der Waals surface area contributed by atoms with Crippen molar-refractivity contribution in [3.05, 3.63) is 42.4 Å². The van der Waals surface area contributed by atoms with Gasteiger partial charge in [-0.05, 0) is 26.3 Å². The Morgan fingerprint density at radius 1 is 1.09 bits per heavy atom. The van der Waals surface area contributed by atoms with Crippen LogP contribution in [0.4, 0.5) is 5.82 Å². The van der Waals surface area contributed by atoms with Crippen molar-refractivity contribution in [2.45, 2.75) is 32.9 Å². The van der Waals surface area contributed by atoms with Gasteiger partial charge in [-0.2, -0.15) is 9.97 Å². The van der Waals surface area contributed by atoms with E-state index in [1.807, 2.05) is 48.0 Å². The van der Waals surface area contributed by atoms with E-state index in [1.165, 1.54) is 0 Å². The largest absolute Gasteiger partial charge is 0.479 e. The van der Waals surface area contributed by atoms with Gasteiger partial charge in [-0.1, -0.05) is 30.3 Å². The maximum atomic E-state index is 10.5. The minimum Gasteiger partial charge on any atom is -0.479 e. The van der Waals surface area contributed by atoms with Gasteiger partial charge in [0.25, 0.3) is 5.95 Å². The molecule has 1 N–H and O–H groups in total. The third kappa shape index (κ3) is 4.22. The molecule has 0 radical (unpaired) electrons. The third-order valence-corrected chi connectivity index (χ3v) is 5.77. The second-order valence-corrected chi connectivity index (χ2v) is 9.04. The first kappa shape index (κ1) is 22.3. The summed E-state index contributed by atoms with van der Waals surface area (Å²) in [5.74, 6) is 2.40. The molecule has 3 aromatic heterocycles. The fraction of sp³-hybridized carbons (Fsp3) is 0.417. The monoisotopic (exact) mass is 463 g/mol. The van der Waals surface area contributed by atoms with Gasteiger partial charge in [0.2, 0.25) is 5.88 Å². The number of aryl methyl sites for hydroxylation is 1. The Bertz CT molecular complexity index is 1300. The summed E-state index contributed by atoms with van der Waals surface area (Å²) in [5, 5.41) is 15.1. The van der Waals surface area contributed by atoms with Crippen LogP contribution in [0.1, 0.15) is 19.7 Å². The summed E-state index contributed by atoms with van der Waals surface area (Å²) in [7, 11) is 1.60. The van der Waals surface area contributed by atoms with Crippen molar-refractivity contribution in [2.24, 2.45) is 0 Å². The molecule has 10 heteroatoms. The lowest BCUT2D eigenvalue weighted by Crippen LogP contribution is -2.37. The molecule has 10 nitrogen and oxygen atoms in total. The molecule has 178 valence electrons. The Morgan fingerprint density at radius 2 is 1.82 bits per heavy atom. The lowest BCUT2D eigenvalue weighted by Gasteiger charge is -2.28. The molecule has 0 spiro atoms. The molecule has 0 atom stereocenters. The van der Waals surface area contributed by atoms with Crippen LogP contribution in [0.15, 0.2) is 36.5 Å². The number of aromatic nitrogens is 6. The number of morpholine rings is 1. The quantitative estimate of drug-likeness (QED) is 0.465. The average Bonchev–Trinajstić information content (AvgIpc) is 3.40. The van der Waals surface area contributed by atoms with Gasteiger partial charge in [0.05, 0.1) is 38.0 Å². The summed E-state index contributed by atoms with van der Waals surface area (Å²) in [6, 6.07) is 9.94. The summed E-state index contributed by atoms with van der Waals surface area (Å²) in [6.45, 7) is 8.48. The van der Waals surface area contributed by atoms with E-state index in [9.17, 15) is 5.11 Å². The van der Waals surface area contributed by atoms with Crippen LogP contribution in [0.5, 0.6) is 5.88 Å². The number of hydrogen-bond donors (Lipinski definition) is 1. The molecule has 1 aromatic carbocycles. The van der Waals surface area contributed by atoms with E-state index >= 15 is 0 Å². The number of anilines is 1. The molecule has 1 saturated heterocycles. The molecule has 1 fully saturated rings. The van der Waals surface area contributed by atoms with E-state index < -0.39 is 5.60 Å². The normalized spacial score (nSPS) is 14.7. The number of hydrogen-bond acceptors (Lipinski definition) is 8. The Kier molecular flexibility index (Phi) is 5.70. The van der Waals surface area contributed by atoms with E-state index in [0.29, 0.717) is 55.8 Å². The van der Waals surface area contributed by atoms with Crippen molar-refractivity contribution in [2.75, 3.05) is 38.3 Å². The van der Waals surface area contributed by atoms with Gasteiger partial charge < -0.3 is 24.0 Å².